The Balaban J connectivity index is 2.14. The number of nitrogens with one attached hydrogen (secondary N) is 1. The second-order valence-corrected chi connectivity index (χ2v) is 6.98. The molecule has 2 heterocycles. The Kier molecular flexibility index (Phi) is 6.19. The number of hydrogen-bond acceptors (Lipinski definition) is 5. The molecule has 0 aliphatic heterocycles. The smallest absolute Gasteiger partial charge is 0.407 e. The molecule has 0 bridgehead atoms. The molecule has 0 unspecified atom stereocenters. The highest BCUT2D eigenvalue weighted by molar-refractivity contribution is 6.01. The average molecular weight is 428 g/mol. The molecule has 10 heteroatoms. The molecule has 2 amide bonds. The van der Waals surface area contributed by atoms with E-state index in [4.69, 9.17) is 5.11 Å². The molecule has 31 heavy (non-hydrogen) atoms. The van der Waals surface area contributed by atoms with Crippen LogP contribution in [0.25, 0.3) is 11.0 Å². The number of halogens is 1. The molecule has 9 nitrogen and oxygen atoms in total. The van der Waals surface area contributed by atoms with E-state index in [1.54, 1.807) is 18.2 Å². The molecule has 0 fully saturated rings. The normalized spacial score (nSPS) is 10.8. The SMILES string of the molecule is CNC(=O)c1c(O)c2ncc(Cc3ccc(F)cc3)cc2n(CCN(C)C(=O)O)c1=O. The second kappa shape index (κ2) is 8.82. The Morgan fingerprint density at radius 3 is 2.52 bits per heavy atom. The minimum atomic E-state index is -1.17. The first-order valence-electron chi connectivity index (χ1n) is 9.38. The van der Waals surface area contributed by atoms with E-state index in [1.165, 1.54) is 37.0 Å². The Bertz CT molecular complexity index is 1210. The van der Waals surface area contributed by atoms with E-state index in [-0.39, 0.29) is 29.9 Å². The molecule has 1 aromatic carbocycles. The number of pyridine rings is 2. The van der Waals surface area contributed by atoms with Crippen molar-refractivity contribution in [3.63, 3.8) is 0 Å². The van der Waals surface area contributed by atoms with E-state index < -0.39 is 28.9 Å². The lowest BCUT2D eigenvalue weighted by atomic mass is 10.1. The van der Waals surface area contributed by atoms with E-state index in [2.05, 4.69) is 10.3 Å². The van der Waals surface area contributed by atoms with Crippen molar-refractivity contribution in [2.75, 3.05) is 20.6 Å². The minimum Gasteiger partial charge on any atom is -0.505 e. The van der Waals surface area contributed by atoms with Gasteiger partial charge in [-0.15, -0.1) is 0 Å². The predicted molar refractivity (Wildman–Crippen MR) is 111 cm³/mol. The van der Waals surface area contributed by atoms with Gasteiger partial charge in [0.25, 0.3) is 11.5 Å². The summed E-state index contributed by atoms with van der Waals surface area (Å²) >= 11 is 0. The molecule has 0 aliphatic carbocycles. The lowest BCUT2D eigenvalue weighted by Crippen LogP contribution is -2.35. The Morgan fingerprint density at radius 2 is 1.90 bits per heavy atom. The topological polar surface area (TPSA) is 125 Å². The number of carboxylic acid groups (broad SMARTS) is 1. The van der Waals surface area contributed by atoms with Gasteiger partial charge in [-0.2, -0.15) is 0 Å². The third kappa shape index (κ3) is 4.47. The predicted octanol–water partition coefficient (Wildman–Crippen LogP) is 1.80. The van der Waals surface area contributed by atoms with E-state index >= 15 is 0 Å². The maximum atomic E-state index is 13.2. The van der Waals surface area contributed by atoms with E-state index in [0.29, 0.717) is 12.0 Å². The highest BCUT2D eigenvalue weighted by Gasteiger charge is 2.23. The van der Waals surface area contributed by atoms with Gasteiger partial charge in [0.2, 0.25) is 0 Å². The summed E-state index contributed by atoms with van der Waals surface area (Å²) in [5.74, 6) is -1.68. The Labute approximate surface area is 176 Å². The summed E-state index contributed by atoms with van der Waals surface area (Å²) in [7, 11) is 2.68. The van der Waals surface area contributed by atoms with Gasteiger partial charge in [-0.1, -0.05) is 12.1 Å². The minimum absolute atomic E-state index is 0.0233. The molecule has 0 atom stereocenters. The summed E-state index contributed by atoms with van der Waals surface area (Å²) in [6, 6.07) is 7.56. The van der Waals surface area contributed by atoms with Crippen LogP contribution in [0.1, 0.15) is 21.5 Å². The second-order valence-electron chi connectivity index (χ2n) is 6.98. The van der Waals surface area contributed by atoms with Crippen LogP contribution in [0.4, 0.5) is 9.18 Å². The van der Waals surface area contributed by atoms with Crippen LogP contribution in [0.5, 0.6) is 5.75 Å². The molecule has 0 spiro atoms. The zero-order chi connectivity index (χ0) is 22.7. The highest BCUT2D eigenvalue weighted by Crippen LogP contribution is 2.26. The third-order valence-corrected chi connectivity index (χ3v) is 4.90. The molecule has 3 N–H and O–H groups in total. The molecule has 0 saturated carbocycles. The van der Waals surface area contributed by atoms with E-state index in [9.17, 15) is 23.9 Å². The molecule has 0 aliphatic rings. The van der Waals surface area contributed by atoms with Crippen molar-refractivity contribution in [2.45, 2.75) is 13.0 Å². The van der Waals surface area contributed by atoms with Crippen LogP contribution in [0.15, 0.2) is 41.3 Å². The first-order chi connectivity index (χ1) is 14.7. The lowest BCUT2D eigenvalue weighted by Gasteiger charge is -2.18. The van der Waals surface area contributed by atoms with Gasteiger partial charge in [0, 0.05) is 33.4 Å². The molecule has 3 rings (SSSR count). The first kappa shape index (κ1) is 21.8. The number of likely N-dealkylation sites (N-methyl/N-ethyl adjacent to an activating group) is 1. The van der Waals surface area contributed by atoms with Crippen molar-refractivity contribution in [3.05, 3.63) is 69.4 Å². The van der Waals surface area contributed by atoms with Crippen molar-refractivity contribution in [1.29, 1.82) is 0 Å². The van der Waals surface area contributed by atoms with Gasteiger partial charge in [0.15, 0.2) is 5.75 Å². The third-order valence-electron chi connectivity index (χ3n) is 4.90. The van der Waals surface area contributed by atoms with Crippen LogP contribution in [-0.2, 0) is 13.0 Å². The van der Waals surface area contributed by atoms with Gasteiger partial charge in [-0.05, 0) is 35.7 Å². The van der Waals surface area contributed by atoms with Gasteiger partial charge in [0.1, 0.15) is 16.9 Å². The van der Waals surface area contributed by atoms with Gasteiger partial charge >= 0.3 is 6.09 Å². The van der Waals surface area contributed by atoms with Crippen molar-refractivity contribution in [2.24, 2.45) is 0 Å². The van der Waals surface area contributed by atoms with Gasteiger partial charge in [0.05, 0.1) is 5.52 Å². The lowest BCUT2D eigenvalue weighted by molar-refractivity contribution is 0.0958. The number of carbonyl (C=O) groups excluding carboxylic acids is 1. The maximum absolute atomic E-state index is 13.2. The maximum Gasteiger partial charge on any atom is 0.407 e. The number of aromatic hydroxyl groups is 1. The van der Waals surface area contributed by atoms with Crippen molar-refractivity contribution in [1.82, 2.24) is 19.8 Å². The highest BCUT2D eigenvalue weighted by atomic mass is 19.1. The Morgan fingerprint density at radius 1 is 1.23 bits per heavy atom. The van der Waals surface area contributed by atoms with Crippen molar-refractivity contribution >= 4 is 23.0 Å². The van der Waals surface area contributed by atoms with Crippen LogP contribution in [-0.4, -0.2) is 57.3 Å². The van der Waals surface area contributed by atoms with E-state index in [1.807, 2.05) is 0 Å². The number of rotatable bonds is 6. The molecule has 2 aromatic heterocycles. The van der Waals surface area contributed by atoms with Crippen LogP contribution in [0.3, 0.4) is 0 Å². The van der Waals surface area contributed by atoms with Crippen LogP contribution < -0.4 is 10.9 Å². The number of hydrogen-bond donors (Lipinski definition) is 3. The largest absolute Gasteiger partial charge is 0.505 e. The number of fused-ring (bicyclic) bond motifs is 1. The fourth-order valence-electron chi connectivity index (χ4n) is 3.18. The van der Waals surface area contributed by atoms with E-state index in [0.717, 1.165) is 10.5 Å². The standard InChI is InChI=1S/C21H21FN4O5/c1-23-19(28)16-18(27)17-15(26(20(16)29)8-7-25(2)21(30)31)10-13(11-24-17)9-12-3-5-14(22)6-4-12/h3-6,10-11,27H,7-9H2,1-2H3,(H,23,28)(H,30,31). The van der Waals surface area contributed by atoms with Crippen molar-refractivity contribution < 1.29 is 24.2 Å². The van der Waals surface area contributed by atoms with Crippen LogP contribution in [0.2, 0.25) is 0 Å². The molecular formula is C21H21FN4O5. The number of aromatic nitrogens is 2. The quantitative estimate of drug-likeness (QED) is 0.550. The van der Waals surface area contributed by atoms with Crippen LogP contribution >= 0.6 is 0 Å². The molecule has 3 aromatic rings. The first-order valence-corrected chi connectivity index (χ1v) is 9.38. The Hall–Kier alpha value is -3.95. The summed E-state index contributed by atoms with van der Waals surface area (Å²) in [6.07, 6.45) is 0.722. The number of amides is 2. The van der Waals surface area contributed by atoms with Crippen LogP contribution in [0, 0.1) is 5.82 Å². The average Bonchev–Trinajstić information content (AvgIpc) is 2.74. The fraction of sp³-hybridized carbons (Fsp3) is 0.238. The number of nitrogens with zero attached hydrogens (tertiary/aromatic N) is 3. The summed E-state index contributed by atoms with van der Waals surface area (Å²) in [5.41, 5.74) is 0.572. The molecule has 0 saturated heterocycles. The van der Waals surface area contributed by atoms with Crippen molar-refractivity contribution in [3.8, 4) is 5.75 Å². The van der Waals surface area contributed by atoms with Gasteiger partial charge < -0.3 is 25.0 Å². The number of carbonyl (C=O) groups is 2. The summed E-state index contributed by atoms with van der Waals surface area (Å²) in [4.78, 5) is 41.5. The summed E-state index contributed by atoms with van der Waals surface area (Å²) < 4.78 is 14.4. The van der Waals surface area contributed by atoms with Gasteiger partial charge in [-0.3, -0.25) is 14.6 Å². The molecular weight excluding hydrogens is 407 g/mol. The summed E-state index contributed by atoms with van der Waals surface area (Å²) in [5, 5.41) is 22.0. The summed E-state index contributed by atoms with van der Waals surface area (Å²) in [6.45, 7) is -0.0748. The number of benzene rings is 1. The molecule has 0 radical (unpaired) electrons. The molecule has 162 valence electrons. The zero-order valence-electron chi connectivity index (χ0n) is 16.9. The zero-order valence-corrected chi connectivity index (χ0v) is 16.9. The fourth-order valence-corrected chi connectivity index (χ4v) is 3.18. The monoisotopic (exact) mass is 428 g/mol. The van der Waals surface area contributed by atoms with Gasteiger partial charge in [-0.25, -0.2) is 9.18 Å².